The largest absolute Gasteiger partial charge is 0.383 e. The van der Waals surface area contributed by atoms with Gasteiger partial charge in [-0.1, -0.05) is 29.8 Å². The zero-order valence-corrected chi connectivity index (χ0v) is 20.2. The molecule has 34 heavy (non-hydrogen) atoms. The Morgan fingerprint density at radius 2 is 1.94 bits per heavy atom. The number of methoxy groups -OCH3 is 1. The Morgan fingerprint density at radius 3 is 2.59 bits per heavy atom. The van der Waals surface area contributed by atoms with Gasteiger partial charge in [-0.05, 0) is 49.4 Å². The molecular formula is C25H29ClN4O4. The Balaban J connectivity index is 1.56. The van der Waals surface area contributed by atoms with Crippen molar-refractivity contribution in [3.05, 3.63) is 64.4 Å². The van der Waals surface area contributed by atoms with Crippen molar-refractivity contribution in [3.8, 4) is 0 Å². The number of rotatable bonds is 7. The second kappa shape index (κ2) is 10.1. The van der Waals surface area contributed by atoms with Crippen LogP contribution in [0, 0.1) is 12.8 Å². The first-order valence-electron chi connectivity index (χ1n) is 11.4. The number of hydrogen-bond acceptors (Lipinski definition) is 5. The minimum Gasteiger partial charge on any atom is -0.383 e. The molecule has 0 unspecified atom stereocenters. The van der Waals surface area contributed by atoms with Crippen molar-refractivity contribution in [3.63, 3.8) is 0 Å². The average Bonchev–Trinajstić information content (AvgIpc) is 3.09. The van der Waals surface area contributed by atoms with Gasteiger partial charge >= 0.3 is 6.03 Å². The van der Waals surface area contributed by atoms with Gasteiger partial charge in [-0.15, -0.1) is 0 Å². The van der Waals surface area contributed by atoms with Crippen LogP contribution in [0.5, 0.6) is 0 Å². The third kappa shape index (κ3) is 4.65. The Kier molecular flexibility index (Phi) is 7.19. The number of hydrogen-bond donors (Lipinski definition) is 1. The van der Waals surface area contributed by atoms with Gasteiger partial charge in [0.25, 0.3) is 11.8 Å². The van der Waals surface area contributed by atoms with Crippen LogP contribution in [0.25, 0.3) is 0 Å². The summed E-state index contributed by atoms with van der Waals surface area (Å²) < 4.78 is 5.10. The fourth-order valence-electron chi connectivity index (χ4n) is 4.87. The molecule has 1 atom stereocenters. The summed E-state index contributed by atoms with van der Waals surface area (Å²) in [5, 5.41) is 3.57. The average molecular weight is 485 g/mol. The standard InChI is InChI=1S/C25H29ClN4O4/c1-17-7-8-19(16-27-17)22(31)29-11-9-20(10-12-29)25(15-18-5-3-4-6-21(18)26)23(32)30(13-14-34-2)24(33)28-25/h3-8,16,20H,9-15H2,1-2H3,(H,28,33)/t25-/m0/s1. The number of pyridine rings is 1. The summed E-state index contributed by atoms with van der Waals surface area (Å²) in [6.45, 7) is 3.30. The minimum absolute atomic E-state index is 0.0744. The number of halogens is 1. The molecule has 2 aromatic rings. The fourth-order valence-corrected chi connectivity index (χ4v) is 5.07. The number of amides is 4. The van der Waals surface area contributed by atoms with Crippen molar-refractivity contribution < 1.29 is 19.1 Å². The van der Waals surface area contributed by atoms with Crippen LogP contribution in [0.1, 0.15) is 34.5 Å². The maximum atomic E-state index is 13.7. The SMILES string of the molecule is COCCN1C(=O)N[C@@](Cc2ccccc2Cl)(C2CCN(C(=O)c3ccc(C)nc3)CC2)C1=O. The molecular weight excluding hydrogens is 456 g/mol. The predicted octanol–water partition coefficient (Wildman–Crippen LogP) is 3.08. The van der Waals surface area contributed by atoms with Gasteiger partial charge < -0.3 is 15.0 Å². The van der Waals surface area contributed by atoms with Crippen LogP contribution in [0.4, 0.5) is 4.79 Å². The van der Waals surface area contributed by atoms with E-state index in [1.54, 1.807) is 23.2 Å². The summed E-state index contributed by atoms with van der Waals surface area (Å²) in [5.41, 5.74) is 1.09. The Morgan fingerprint density at radius 1 is 1.21 bits per heavy atom. The van der Waals surface area contributed by atoms with Gasteiger partial charge in [0.15, 0.2) is 0 Å². The van der Waals surface area contributed by atoms with Crippen molar-refractivity contribution >= 4 is 29.4 Å². The summed E-state index contributed by atoms with van der Waals surface area (Å²) >= 11 is 6.43. The number of carbonyl (C=O) groups is 3. The van der Waals surface area contributed by atoms with Crippen LogP contribution in [-0.4, -0.2) is 71.5 Å². The maximum absolute atomic E-state index is 13.7. The highest BCUT2D eigenvalue weighted by Crippen LogP contribution is 2.38. The number of piperidine rings is 1. The van der Waals surface area contributed by atoms with E-state index >= 15 is 0 Å². The first kappa shape index (κ1) is 24.2. The fraction of sp³-hybridized carbons (Fsp3) is 0.440. The lowest BCUT2D eigenvalue weighted by molar-refractivity contribution is -0.134. The Labute approximate surface area is 204 Å². The lowest BCUT2D eigenvalue weighted by Crippen LogP contribution is -2.58. The van der Waals surface area contributed by atoms with Gasteiger partial charge in [0.05, 0.1) is 18.7 Å². The number of aromatic nitrogens is 1. The third-order valence-corrected chi connectivity index (χ3v) is 7.15. The van der Waals surface area contributed by atoms with Crippen molar-refractivity contribution in [1.29, 1.82) is 0 Å². The Hall–Kier alpha value is -2.97. The molecule has 180 valence electrons. The van der Waals surface area contributed by atoms with Crippen LogP contribution < -0.4 is 5.32 Å². The smallest absolute Gasteiger partial charge is 0.325 e. The van der Waals surface area contributed by atoms with E-state index < -0.39 is 11.6 Å². The number of imide groups is 1. The van der Waals surface area contributed by atoms with Crippen LogP contribution in [0.15, 0.2) is 42.6 Å². The number of carbonyl (C=O) groups excluding carboxylic acids is 3. The summed E-state index contributed by atoms with van der Waals surface area (Å²) in [6.07, 6.45) is 3.05. The molecule has 1 N–H and O–H groups in total. The van der Waals surface area contributed by atoms with Gasteiger partial charge in [0.1, 0.15) is 5.54 Å². The van der Waals surface area contributed by atoms with Gasteiger partial charge in [-0.2, -0.15) is 0 Å². The first-order valence-corrected chi connectivity index (χ1v) is 11.8. The van der Waals surface area contributed by atoms with E-state index in [0.29, 0.717) is 42.9 Å². The summed E-state index contributed by atoms with van der Waals surface area (Å²) in [4.78, 5) is 46.7. The number of likely N-dealkylation sites (tertiary alicyclic amines) is 1. The van der Waals surface area contributed by atoms with Crippen molar-refractivity contribution in [1.82, 2.24) is 20.1 Å². The molecule has 0 aliphatic carbocycles. The molecule has 3 heterocycles. The van der Waals surface area contributed by atoms with Crippen LogP contribution in [0.2, 0.25) is 5.02 Å². The molecule has 4 rings (SSSR count). The molecule has 4 amide bonds. The number of benzene rings is 1. The van der Waals surface area contributed by atoms with E-state index in [-0.39, 0.29) is 30.9 Å². The third-order valence-electron chi connectivity index (χ3n) is 6.79. The zero-order chi connectivity index (χ0) is 24.3. The van der Waals surface area contributed by atoms with Crippen LogP contribution >= 0.6 is 11.6 Å². The molecule has 2 fully saturated rings. The predicted molar refractivity (Wildman–Crippen MR) is 128 cm³/mol. The summed E-state index contributed by atoms with van der Waals surface area (Å²) in [5.74, 6) is -0.482. The number of urea groups is 1. The molecule has 0 radical (unpaired) electrons. The van der Waals surface area contributed by atoms with E-state index in [1.165, 1.54) is 12.0 Å². The second-order valence-corrected chi connectivity index (χ2v) is 9.28. The highest BCUT2D eigenvalue weighted by Gasteiger charge is 2.56. The van der Waals surface area contributed by atoms with E-state index in [2.05, 4.69) is 10.3 Å². The monoisotopic (exact) mass is 484 g/mol. The number of nitrogens with zero attached hydrogens (tertiary/aromatic N) is 3. The minimum atomic E-state index is -1.11. The lowest BCUT2D eigenvalue weighted by atomic mass is 9.73. The zero-order valence-electron chi connectivity index (χ0n) is 19.4. The molecule has 1 aromatic carbocycles. The lowest BCUT2D eigenvalue weighted by Gasteiger charge is -2.41. The van der Waals surface area contributed by atoms with Crippen molar-refractivity contribution in [2.45, 2.75) is 31.7 Å². The number of nitrogens with one attached hydrogen (secondary N) is 1. The first-order chi connectivity index (χ1) is 16.4. The molecule has 0 saturated carbocycles. The highest BCUT2D eigenvalue weighted by atomic mass is 35.5. The van der Waals surface area contributed by atoms with Gasteiger partial charge in [-0.3, -0.25) is 19.5 Å². The van der Waals surface area contributed by atoms with Gasteiger partial charge in [0, 0.05) is 43.5 Å². The molecule has 2 aliphatic rings. The van der Waals surface area contributed by atoms with Crippen molar-refractivity contribution in [2.75, 3.05) is 33.4 Å². The van der Waals surface area contributed by atoms with Crippen LogP contribution in [-0.2, 0) is 16.0 Å². The molecule has 0 bridgehead atoms. The molecule has 8 nitrogen and oxygen atoms in total. The van der Waals surface area contributed by atoms with Crippen molar-refractivity contribution in [2.24, 2.45) is 5.92 Å². The van der Waals surface area contributed by atoms with E-state index in [0.717, 1.165) is 11.3 Å². The molecule has 2 aliphatic heterocycles. The highest BCUT2D eigenvalue weighted by molar-refractivity contribution is 6.31. The summed E-state index contributed by atoms with van der Waals surface area (Å²) in [7, 11) is 1.53. The molecule has 1 aromatic heterocycles. The van der Waals surface area contributed by atoms with Crippen LogP contribution in [0.3, 0.4) is 0 Å². The van der Waals surface area contributed by atoms with E-state index in [9.17, 15) is 14.4 Å². The van der Waals surface area contributed by atoms with E-state index in [1.807, 2.05) is 31.2 Å². The molecule has 9 heteroatoms. The normalized spacial score (nSPS) is 21.1. The van der Waals surface area contributed by atoms with E-state index in [4.69, 9.17) is 16.3 Å². The second-order valence-electron chi connectivity index (χ2n) is 8.87. The maximum Gasteiger partial charge on any atom is 0.325 e. The Bertz CT molecular complexity index is 1070. The number of ether oxygens (including phenoxy) is 1. The topological polar surface area (TPSA) is 91.8 Å². The molecule has 2 saturated heterocycles. The summed E-state index contributed by atoms with van der Waals surface area (Å²) in [6, 6.07) is 10.6. The van der Waals surface area contributed by atoms with Gasteiger partial charge in [0.2, 0.25) is 0 Å². The number of aryl methyl sites for hydroxylation is 1. The quantitative estimate of drug-likeness (QED) is 0.610. The molecule has 0 spiro atoms. The van der Waals surface area contributed by atoms with Gasteiger partial charge in [-0.25, -0.2) is 4.79 Å².